The molecule has 0 heterocycles. The Balaban J connectivity index is 1.85. The van der Waals surface area contributed by atoms with Crippen LogP contribution in [0, 0.1) is 0 Å². The second-order valence-corrected chi connectivity index (χ2v) is 6.21. The van der Waals surface area contributed by atoms with E-state index >= 15 is 0 Å². The Morgan fingerprint density at radius 3 is 2.21 bits per heavy atom. The highest BCUT2D eigenvalue weighted by atomic mass is 16.7. The van der Waals surface area contributed by atoms with Crippen LogP contribution >= 0.6 is 0 Å². The number of nitrogens with zero attached hydrogens (tertiary/aromatic N) is 1. The Morgan fingerprint density at radius 1 is 0.893 bits per heavy atom. The van der Waals surface area contributed by atoms with Gasteiger partial charge in [0.25, 0.3) is 0 Å². The molecule has 0 unspecified atom stereocenters. The molecule has 0 saturated carbocycles. The van der Waals surface area contributed by atoms with Crippen LogP contribution in [-0.4, -0.2) is 40.1 Å². The summed E-state index contributed by atoms with van der Waals surface area (Å²) in [6, 6.07) is 8.87. The van der Waals surface area contributed by atoms with Crippen molar-refractivity contribution in [2.45, 2.75) is 19.3 Å². The fourth-order valence-corrected chi connectivity index (χ4v) is 3.21. The maximum absolute atomic E-state index is 12.5. The van der Waals surface area contributed by atoms with E-state index < -0.39 is 5.97 Å². The zero-order valence-electron chi connectivity index (χ0n) is 16.4. The summed E-state index contributed by atoms with van der Waals surface area (Å²) in [6.07, 6.45) is 2.61. The number of ether oxygens (including phenoxy) is 4. The maximum atomic E-state index is 12.5. The van der Waals surface area contributed by atoms with Gasteiger partial charge in [0.05, 0.1) is 39.7 Å². The molecule has 1 aliphatic rings. The van der Waals surface area contributed by atoms with E-state index in [9.17, 15) is 4.79 Å². The molecular weight excluding hydrogens is 362 g/mol. The maximum Gasteiger partial charge on any atom is 0.366 e. The highest BCUT2D eigenvalue weighted by Crippen LogP contribution is 2.38. The molecule has 0 spiro atoms. The Kier molecular flexibility index (Phi) is 6.03. The average molecular weight is 385 g/mol. The molecule has 0 N–H and O–H groups in total. The minimum Gasteiger partial charge on any atom is -0.497 e. The molecule has 0 bridgehead atoms. The van der Waals surface area contributed by atoms with Gasteiger partial charge in [0.2, 0.25) is 5.75 Å². The second-order valence-electron chi connectivity index (χ2n) is 6.21. The van der Waals surface area contributed by atoms with Crippen LogP contribution < -0.4 is 18.9 Å². The van der Waals surface area contributed by atoms with Gasteiger partial charge in [0.1, 0.15) is 5.75 Å². The second kappa shape index (κ2) is 8.65. The van der Waals surface area contributed by atoms with Crippen LogP contribution in [0.3, 0.4) is 0 Å². The fraction of sp³-hybridized carbons (Fsp3) is 0.333. The van der Waals surface area contributed by atoms with E-state index in [1.807, 2.05) is 18.2 Å². The van der Waals surface area contributed by atoms with Gasteiger partial charge in [0.15, 0.2) is 11.5 Å². The average Bonchev–Trinajstić information content (AvgIpc) is 2.75. The number of hydrogen-bond acceptors (Lipinski definition) is 7. The molecule has 3 rings (SSSR count). The first-order chi connectivity index (χ1) is 13.6. The Morgan fingerprint density at radius 2 is 1.61 bits per heavy atom. The first kappa shape index (κ1) is 19.5. The summed E-state index contributed by atoms with van der Waals surface area (Å²) in [5.41, 5.74) is 3.10. The van der Waals surface area contributed by atoms with Crippen molar-refractivity contribution < 1.29 is 28.6 Å². The Bertz CT molecular complexity index is 881. The van der Waals surface area contributed by atoms with E-state index in [0.29, 0.717) is 17.2 Å². The minimum absolute atomic E-state index is 0.254. The summed E-state index contributed by atoms with van der Waals surface area (Å²) in [4.78, 5) is 17.8. The first-order valence-electron chi connectivity index (χ1n) is 8.86. The number of hydrogen-bond donors (Lipinski definition) is 0. The molecule has 1 aliphatic carbocycles. The van der Waals surface area contributed by atoms with Crippen LogP contribution in [0.2, 0.25) is 0 Å². The number of carbonyl (C=O) groups excluding carboxylic acids is 1. The molecule has 0 fully saturated rings. The van der Waals surface area contributed by atoms with Crippen LogP contribution in [-0.2, 0) is 11.3 Å². The molecule has 7 nitrogen and oxygen atoms in total. The number of aryl methyl sites for hydroxylation is 1. The highest BCUT2D eigenvalue weighted by Gasteiger charge is 2.20. The molecule has 0 amide bonds. The third-order valence-electron chi connectivity index (χ3n) is 4.62. The molecule has 0 aliphatic heterocycles. The third kappa shape index (κ3) is 3.88. The number of rotatable bonds is 6. The van der Waals surface area contributed by atoms with Gasteiger partial charge < -0.3 is 23.8 Å². The lowest BCUT2D eigenvalue weighted by molar-refractivity contribution is 0.0514. The van der Waals surface area contributed by atoms with E-state index in [-0.39, 0.29) is 5.56 Å². The van der Waals surface area contributed by atoms with Gasteiger partial charge in [0, 0.05) is 5.56 Å². The Labute approximate surface area is 163 Å². The number of benzene rings is 2. The summed E-state index contributed by atoms with van der Waals surface area (Å²) in [6.45, 7) is 0. The predicted octanol–water partition coefficient (Wildman–Crippen LogP) is 3.62. The van der Waals surface area contributed by atoms with E-state index in [1.54, 1.807) is 7.11 Å². The molecular formula is C21H23NO6. The van der Waals surface area contributed by atoms with Crippen molar-refractivity contribution in [1.82, 2.24) is 0 Å². The van der Waals surface area contributed by atoms with Gasteiger partial charge in [-0.1, -0.05) is 5.16 Å². The minimum atomic E-state index is -0.604. The number of carbonyl (C=O) groups is 1. The summed E-state index contributed by atoms with van der Waals surface area (Å²) in [5, 5.41) is 4.12. The smallest absolute Gasteiger partial charge is 0.366 e. The number of methoxy groups -OCH3 is 4. The lowest BCUT2D eigenvalue weighted by Crippen LogP contribution is -2.14. The standard InChI is InChI=1S/C21H23NO6/c1-24-15-8-9-16-13(10-15)6-5-7-17(16)22-28-21(23)14-11-18(25-2)20(27-4)19(12-14)26-3/h8-12H,5-7H2,1-4H3. The van der Waals surface area contributed by atoms with Gasteiger partial charge in [-0.05, 0) is 55.2 Å². The molecule has 148 valence electrons. The monoisotopic (exact) mass is 385 g/mol. The van der Waals surface area contributed by atoms with Crippen molar-refractivity contribution in [2.75, 3.05) is 28.4 Å². The zero-order valence-corrected chi connectivity index (χ0v) is 16.4. The summed E-state index contributed by atoms with van der Waals surface area (Å²) in [5.74, 6) is 1.35. The Hall–Kier alpha value is -3.22. The van der Waals surface area contributed by atoms with E-state index in [4.69, 9.17) is 23.8 Å². The third-order valence-corrected chi connectivity index (χ3v) is 4.62. The molecule has 0 aromatic heterocycles. The molecule has 28 heavy (non-hydrogen) atoms. The largest absolute Gasteiger partial charge is 0.497 e. The molecule has 0 radical (unpaired) electrons. The van der Waals surface area contributed by atoms with Crippen molar-refractivity contribution in [3.63, 3.8) is 0 Å². The van der Waals surface area contributed by atoms with Crippen molar-refractivity contribution in [3.05, 3.63) is 47.0 Å². The molecule has 0 atom stereocenters. The van der Waals surface area contributed by atoms with Crippen LogP contribution in [0.4, 0.5) is 0 Å². The van der Waals surface area contributed by atoms with Gasteiger partial charge in [-0.25, -0.2) is 4.79 Å². The lowest BCUT2D eigenvalue weighted by Gasteiger charge is -2.18. The topological polar surface area (TPSA) is 75.6 Å². The number of fused-ring (bicyclic) bond motifs is 1. The lowest BCUT2D eigenvalue weighted by atomic mass is 9.90. The van der Waals surface area contributed by atoms with Gasteiger partial charge in [-0.15, -0.1) is 0 Å². The van der Waals surface area contributed by atoms with Gasteiger partial charge in [-0.3, -0.25) is 0 Å². The van der Waals surface area contributed by atoms with Crippen molar-refractivity contribution in [2.24, 2.45) is 5.16 Å². The van der Waals surface area contributed by atoms with Crippen molar-refractivity contribution in [3.8, 4) is 23.0 Å². The molecule has 2 aromatic carbocycles. The summed E-state index contributed by atoms with van der Waals surface area (Å²) < 4.78 is 21.1. The van der Waals surface area contributed by atoms with Crippen LogP contribution in [0.5, 0.6) is 23.0 Å². The normalized spacial score (nSPS) is 14.2. The van der Waals surface area contributed by atoms with Crippen molar-refractivity contribution >= 4 is 11.7 Å². The summed E-state index contributed by atoms with van der Waals surface area (Å²) >= 11 is 0. The first-order valence-corrected chi connectivity index (χ1v) is 8.86. The van der Waals surface area contributed by atoms with Crippen LogP contribution in [0.15, 0.2) is 35.5 Å². The van der Waals surface area contributed by atoms with E-state index in [1.165, 1.54) is 33.5 Å². The molecule has 7 heteroatoms. The van der Waals surface area contributed by atoms with Crippen LogP contribution in [0.1, 0.15) is 34.3 Å². The molecule has 2 aromatic rings. The van der Waals surface area contributed by atoms with Crippen LogP contribution in [0.25, 0.3) is 0 Å². The van der Waals surface area contributed by atoms with Crippen molar-refractivity contribution in [1.29, 1.82) is 0 Å². The highest BCUT2D eigenvalue weighted by molar-refractivity contribution is 6.03. The quantitative estimate of drug-likeness (QED) is 0.558. The number of oxime groups is 1. The van der Waals surface area contributed by atoms with E-state index in [0.717, 1.165) is 41.9 Å². The van der Waals surface area contributed by atoms with E-state index in [2.05, 4.69) is 5.16 Å². The zero-order chi connectivity index (χ0) is 20.1. The fourth-order valence-electron chi connectivity index (χ4n) is 3.21. The SMILES string of the molecule is COc1ccc2c(c1)CCCC2=NOC(=O)c1cc(OC)c(OC)c(OC)c1. The van der Waals surface area contributed by atoms with Gasteiger partial charge in [-0.2, -0.15) is 0 Å². The predicted molar refractivity (Wildman–Crippen MR) is 104 cm³/mol. The summed E-state index contributed by atoms with van der Waals surface area (Å²) in [7, 11) is 6.11. The van der Waals surface area contributed by atoms with Gasteiger partial charge >= 0.3 is 5.97 Å². The molecule has 0 saturated heterocycles.